The third-order valence-corrected chi connectivity index (χ3v) is 4.91. The van der Waals surface area contributed by atoms with Crippen LogP contribution in [0.15, 0.2) is 60.2 Å². The molecule has 0 atom stereocenters. The van der Waals surface area contributed by atoms with Gasteiger partial charge in [0.2, 0.25) is 0 Å². The number of nitrogens with one attached hydrogen (secondary N) is 1. The zero-order valence-corrected chi connectivity index (χ0v) is 18.0. The summed E-state index contributed by atoms with van der Waals surface area (Å²) in [5.74, 6) is -0.831. The third kappa shape index (κ3) is 4.87. The molecule has 0 spiro atoms. The van der Waals surface area contributed by atoms with Crippen molar-refractivity contribution in [2.75, 3.05) is 11.9 Å². The van der Waals surface area contributed by atoms with Crippen LogP contribution in [-0.4, -0.2) is 28.2 Å². The van der Waals surface area contributed by atoms with Gasteiger partial charge in [-0.1, -0.05) is 6.07 Å². The monoisotopic (exact) mass is 429 g/mol. The molecule has 0 saturated carbocycles. The van der Waals surface area contributed by atoms with Crippen molar-refractivity contribution in [3.63, 3.8) is 0 Å². The molecule has 0 fully saturated rings. The Kier molecular flexibility index (Phi) is 6.76. The summed E-state index contributed by atoms with van der Waals surface area (Å²) in [4.78, 5) is 24.0. The zero-order valence-electron chi connectivity index (χ0n) is 18.0. The van der Waals surface area contributed by atoms with Crippen LogP contribution in [0.1, 0.15) is 34.2 Å². The minimum absolute atomic E-state index is 0.0431. The fourth-order valence-electron chi connectivity index (χ4n) is 3.41. The number of benzene rings is 2. The van der Waals surface area contributed by atoms with E-state index >= 15 is 0 Å². The summed E-state index contributed by atoms with van der Waals surface area (Å²) in [5, 5.41) is 21.5. The van der Waals surface area contributed by atoms with Gasteiger partial charge in [0.25, 0.3) is 5.91 Å². The third-order valence-electron chi connectivity index (χ3n) is 4.91. The van der Waals surface area contributed by atoms with Crippen LogP contribution in [0.3, 0.4) is 0 Å². The number of hydrogen-bond acceptors (Lipinski definition) is 4. The van der Waals surface area contributed by atoms with E-state index in [4.69, 9.17) is 4.74 Å². The highest BCUT2D eigenvalue weighted by Crippen LogP contribution is 2.24. The van der Waals surface area contributed by atoms with Crippen molar-refractivity contribution in [1.29, 1.82) is 5.26 Å². The number of amides is 1. The molecule has 7 heteroatoms. The molecule has 7 nitrogen and oxygen atoms in total. The molecule has 0 saturated heterocycles. The van der Waals surface area contributed by atoms with E-state index in [0.29, 0.717) is 29.3 Å². The minimum atomic E-state index is -1.01. The van der Waals surface area contributed by atoms with Gasteiger partial charge in [-0.3, -0.25) is 4.79 Å². The first-order valence-electron chi connectivity index (χ1n) is 10.0. The number of aromatic carboxylic acids is 1. The summed E-state index contributed by atoms with van der Waals surface area (Å²) in [7, 11) is 0. The van der Waals surface area contributed by atoms with Crippen LogP contribution < -0.4 is 10.1 Å². The van der Waals surface area contributed by atoms with Gasteiger partial charge in [-0.25, -0.2) is 4.79 Å². The highest BCUT2D eigenvalue weighted by molar-refractivity contribution is 6.09. The van der Waals surface area contributed by atoms with Crippen LogP contribution in [-0.2, 0) is 4.79 Å². The fourth-order valence-corrected chi connectivity index (χ4v) is 3.41. The van der Waals surface area contributed by atoms with Gasteiger partial charge in [-0.05, 0) is 80.9 Å². The number of aromatic nitrogens is 1. The average molecular weight is 429 g/mol. The quantitative estimate of drug-likeness (QED) is 0.417. The number of nitrogens with zero attached hydrogens (tertiary/aromatic N) is 2. The van der Waals surface area contributed by atoms with Crippen molar-refractivity contribution in [3.8, 4) is 17.5 Å². The lowest BCUT2D eigenvalue weighted by molar-refractivity contribution is -0.112. The maximum atomic E-state index is 12.6. The summed E-state index contributed by atoms with van der Waals surface area (Å²) in [6.45, 7) is 6.17. The minimum Gasteiger partial charge on any atom is -0.494 e. The smallest absolute Gasteiger partial charge is 0.335 e. The van der Waals surface area contributed by atoms with Gasteiger partial charge >= 0.3 is 5.97 Å². The molecule has 32 heavy (non-hydrogen) atoms. The van der Waals surface area contributed by atoms with E-state index < -0.39 is 11.9 Å². The second kappa shape index (κ2) is 9.67. The number of ether oxygens (including phenoxy) is 1. The first-order valence-corrected chi connectivity index (χ1v) is 10.0. The van der Waals surface area contributed by atoms with Gasteiger partial charge in [0.05, 0.1) is 12.2 Å². The molecular formula is C25H23N3O4. The number of nitriles is 1. The van der Waals surface area contributed by atoms with E-state index in [1.807, 2.05) is 43.5 Å². The number of anilines is 1. The average Bonchev–Trinajstić information content (AvgIpc) is 3.06. The molecule has 1 aromatic heterocycles. The Morgan fingerprint density at radius 3 is 2.50 bits per heavy atom. The van der Waals surface area contributed by atoms with Crippen molar-refractivity contribution < 1.29 is 19.4 Å². The number of hydrogen-bond donors (Lipinski definition) is 2. The van der Waals surface area contributed by atoms with Gasteiger partial charge in [0.1, 0.15) is 17.4 Å². The van der Waals surface area contributed by atoms with Crippen molar-refractivity contribution in [3.05, 3.63) is 82.7 Å². The summed E-state index contributed by atoms with van der Waals surface area (Å²) < 4.78 is 7.27. The van der Waals surface area contributed by atoms with E-state index in [1.165, 1.54) is 12.1 Å². The molecule has 1 amide bonds. The van der Waals surface area contributed by atoms with Gasteiger partial charge in [-0.15, -0.1) is 0 Å². The Labute approximate surface area is 186 Å². The Bertz CT molecular complexity index is 1230. The van der Waals surface area contributed by atoms with Crippen LogP contribution in [0, 0.1) is 25.2 Å². The van der Waals surface area contributed by atoms with E-state index in [2.05, 4.69) is 5.32 Å². The van der Waals surface area contributed by atoms with E-state index in [9.17, 15) is 20.0 Å². The van der Waals surface area contributed by atoms with Crippen LogP contribution in [0.25, 0.3) is 11.8 Å². The maximum absolute atomic E-state index is 12.6. The molecule has 162 valence electrons. The lowest BCUT2D eigenvalue weighted by Gasteiger charge is -2.10. The summed E-state index contributed by atoms with van der Waals surface area (Å²) in [6, 6.07) is 17.3. The summed E-state index contributed by atoms with van der Waals surface area (Å²) in [6.07, 6.45) is 1.53. The summed E-state index contributed by atoms with van der Waals surface area (Å²) >= 11 is 0. The molecule has 0 radical (unpaired) electrons. The first-order chi connectivity index (χ1) is 15.3. The van der Waals surface area contributed by atoms with Crippen LogP contribution in [0.5, 0.6) is 5.75 Å². The van der Waals surface area contributed by atoms with Crippen molar-refractivity contribution in [2.24, 2.45) is 0 Å². The molecule has 1 heterocycles. The largest absolute Gasteiger partial charge is 0.494 e. The highest BCUT2D eigenvalue weighted by atomic mass is 16.5. The van der Waals surface area contributed by atoms with E-state index in [0.717, 1.165) is 11.4 Å². The Balaban J connectivity index is 1.88. The van der Waals surface area contributed by atoms with Crippen molar-refractivity contribution in [1.82, 2.24) is 4.57 Å². The van der Waals surface area contributed by atoms with E-state index in [-0.39, 0.29) is 11.1 Å². The lowest BCUT2D eigenvalue weighted by Crippen LogP contribution is -2.13. The number of aryl methyl sites for hydroxylation is 1. The number of carboxylic acids is 1. The fraction of sp³-hybridized carbons (Fsp3) is 0.160. The molecule has 2 N–H and O–H groups in total. The van der Waals surface area contributed by atoms with Gasteiger partial charge in [0.15, 0.2) is 0 Å². The predicted molar refractivity (Wildman–Crippen MR) is 122 cm³/mol. The topological polar surface area (TPSA) is 104 Å². The number of carboxylic acid groups (broad SMARTS) is 1. The SMILES string of the molecule is CCOc1ccc(NC(=O)/C(C#N)=C\c2cc(C)n(-c3cccc(C(=O)O)c3)c2C)cc1. The number of carbonyl (C=O) groups is 2. The predicted octanol–water partition coefficient (Wildman–Crippen LogP) is 4.74. The highest BCUT2D eigenvalue weighted by Gasteiger charge is 2.15. The Hall–Kier alpha value is -4.31. The maximum Gasteiger partial charge on any atom is 0.335 e. The Morgan fingerprint density at radius 1 is 1.16 bits per heavy atom. The first kappa shape index (κ1) is 22.4. The van der Waals surface area contributed by atoms with Crippen molar-refractivity contribution in [2.45, 2.75) is 20.8 Å². The van der Waals surface area contributed by atoms with Crippen LogP contribution in [0.2, 0.25) is 0 Å². The van der Waals surface area contributed by atoms with Gasteiger partial charge in [0, 0.05) is 22.8 Å². The van der Waals surface area contributed by atoms with Gasteiger partial charge < -0.3 is 19.7 Å². The van der Waals surface area contributed by atoms with Crippen molar-refractivity contribution >= 4 is 23.6 Å². The van der Waals surface area contributed by atoms with Crippen LogP contribution >= 0.6 is 0 Å². The van der Waals surface area contributed by atoms with Gasteiger partial charge in [-0.2, -0.15) is 5.26 Å². The van der Waals surface area contributed by atoms with E-state index in [1.54, 1.807) is 36.4 Å². The second-order valence-electron chi connectivity index (χ2n) is 7.10. The molecule has 3 aromatic rings. The zero-order chi connectivity index (χ0) is 23.3. The second-order valence-corrected chi connectivity index (χ2v) is 7.10. The number of rotatable bonds is 7. The molecule has 0 aliphatic rings. The summed E-state index contributed by atoms with van der Waals surface area (Å²) in [5.41, 5.74) is 3.71. The molecule has 0 unspecified atom stereocenters. The molecule has 0 aliphatic carbocycles. The molecular weight excluding hydrogens is 406 g/mol. The normalized spacial score (nSPS) is 11.0. The lowest BCUT2D eigenvalue weighted by atomic mass is 10.1. The molecule has 2 aromatic carbocycles. The molecule has 3 rings (SSSR count). The molecule has 0 bridgehead atoms. The van der Waals surface area contributed by atoms with Crippen LogP contribution in [0.4, 0.5) is 5.69 Å². The molecule has 0 aliphatic heterocycles. The Morgan fingerprint density at radius 2 is 1.88 bits per heavy atom. The number of carbonyl (C=O) groups excluding carboxylic acids is 1. The standard InChI is InChI=1S/C25H23N3O4/c1-4-32-23-10-8-21(9-11-23)27-24(29)20(15-26)13-19-12-16(2)28(17(19)3)22-7-5-6-18(14-22)25(30)31/h5-14H,4H2,1-3H3,(H,27,29)(H,30,31)/b20-13-.